The van der Waals surface area contributed by atoms with Gasteiger partial charge in [0.1, 0.15) is 0 Å². The fraction of sp³-hybridized carbons (Fsp3) is 0.424. The normalized spacial score (nSPS) is 14.3. The molecule has 0 N–H and O–H groups in total. The molecule has 0 spiro atoms. The van der Waals surface area contributed by atoms with Gasteiger partial charge < -0.3 is 0 Å². The predicted molar refractivity (Wildman–Crippen MR) is 563 cm³/mol. The van der Waals surface area contributed by atoms with Crippen molar-refractivity contribution < 1.29 is 21.9 Å². The maximum absolute atomic E-state index is 9.03. The van der Waals surface area contributed by atoms with E-state index in [9.17, 15) is 0 Å². The van der Waals surface area contributed by atoms with Crippen LogP contribution in [-0.2, 0) is 5.41 Å². The summed E-state index contributed by atoms with van der Waals surface area (Å²) in [5.41, 5.74) is 43.8. The lowest BCUT2D eigenvalue weighted by molar-refractivity contribution is 0.586. The molecule has 0 unspecified atom stereocenters. The van der Waals surface area contributed by atoms with Gasteiger partial charge in [-0.25, -0.2) is 0 Å². The van der Waals surface area contributed by atoms with Gasteiger partial charge in [0.2, 0.25) is 0 Å². The molecule has 0 saturated heterocycles. The molecule has 0 heteroatoms. The molecular weight excluding hydrogens is 1500 g/mol. The summed E-state index contributed by atoms with van der Waals surface area (Å²) in [6, 6.07) is 63.2. The number of aryl methyl sites for hydroxylation is 13. The molecule has 0 nitrogen and oxygen atoms in total. The highest BCUT2D eigenvalue weighted by molar-refractivity contribution is 5.78. The van der Waals surface area contributed by atoms with Gasteiger partial charge in [-0.15, -0.1) is 0 Å². The van der Waals surface area contributed by atoms with Crippen LogP contribution in [0.5, 0.6) is 0 Å². The van der Waals surface area contributed by atoms with Crippen molar-refractivity contribution in [1.82, 2.24) is 0 Å². The van der Waals surface area contributed by atoms with Crippen molar-refractivity contribution in [3.05, 3.63) is 349 Å². The van der Waals surface area contributed by atoms with E-state index in [1.54, 1.807) is 36.4 Å². The predicted octanol–water partition coefficient (Wildman–Crippen LogP) is 38.8. The monoisotopic (exact) mass is 1690 g/mol. The summed E-state index contributed by atoms with van der Waals surface area (Å²) in [6.45, 7) is 74.0. The van der Waals surface area contributed by atoms with Crippen LogP contribution in [-0.4, -0.2) is 0 Å². The van der Waals surface area contributed by atoms with Gasteiger partial charge in [-0.2, -0.15) is 0 Å². The summed E-state index contributed by atoms with van der Waals surface area (Å²) < 4.78 is 131. The van der Waals surface area contributed by atoms with E-state index >= 15 is 0 Å². The zero-order valence-corrected chi connectivity index (χ0v) is 83.9. The fourth-order valence-electron chi connectivity index (χ4n) is 17.4. The van der Waals surface area contributed by atoms with Gasteiger partial charge in [-0.3, -0.25) is 0 Å². The third-order valence-electron chi connectivity index (χ3n) is 24.5. The molecule has 0 saturated carbocycles. The molecule has 0 bridgehead atoms. The maximum atomic E-state index is 9.03. The minimum Gasteiger partial charge on any atom is -0.0776 e. The Bertz CT molecular complexity index is 6160. The number of hydrogen-bond acceptors (Lipinski definition) is 0. The van der Waals surface area contributed by atoms with Crippen molar-refractivity contribution in [1.29, 1.82) is 0 Å². The Morgan fingerprint density at radius 1 is 0.208 bits per heavy atom. The molecule has 0 fully saturated rings. The highest BCUT2D eigenvalue weighted by Crippen LogP contribution is 2.45. The molecule has 125 heavy (non-hydrogen) atoms. The van der Waals surface area contributed by atoms with E-state index in [0.717, 1.165) is 139 Å². The average Bonchev–Trinajstić information content (AvgIpc) is 0.734. The minimum atomic E-state index is -2.12. The van der Waals surface area contributed by atoms with Crippen molar-refractivity contribution in [2.75, 3.05) is 0 Å². The molecule has 0 aromatic heterocycles. The second-order valence-electron chi connectivity index (χ2n) is 38.5. The van der Waals surface area contributed by atoms with E-state index in [0.29, 0.717) is 11.1 Å². The van der Waals surface area contributed by atoms with E-state index in [-0.39, 0.29) is 12.8 Å². The lowest BCUT2D eigenvalue weighted by Gasteiger charge is -2.28. The van der Waals surface area contributed by atoms with Crippen LogP contribution in [0.4, 0.5) is 0 Å². The quantitative estimate of drug-likeness (QED) is 0.0904. The van der Waals surface area contributed by atoms with Crippen molar-refractivity contribution in [3.63, 3.8) is 0 Å². The maximum Gasteiger partial charge on any atom is 0.0347 e. The SMILES string of the molecule is C.Cc1cc(C)c(-c2cc(C)c(C)c(C)c2)c(C)c1.[2H]C(C)(C)c1cc(-c2c(C([2H])(C)C)cc(C(C)(C)C)cc2C([2H])(C)C)cc(C([2H])(C)C)c1C.[2H]C(C)(C)c1cc(-c2c(C)cc(C)cc2C)cc(C([2H])(C)C)c1C.[2H]C(C)(C)c1cc(-c2ccccc2)cc(C([2H])(C)C)c1C.[2H]C([2H])([2H])c1ccc(-c2cc(C([2H])(C)C)c(C)c(C([2H])(C)C)c2)cc1.[2H]C([2H])([2H])c1ccc(-c2ccc(C)c(C)c2)c(C)c1. The van der Waals surface area contributed by atoms with Crippen molar-refractivity contribution >= 4 is 0 Å². The fourth-order valence-corrected chi connectivity index (χ4v) is 17.4. The third-order valence-corrected chi connectivity index (χ3v) is 24.5. The summed E-state index contributed by atoms with van der Waals surface area (Å²) in [4.78, 5) is 0. The van der Waals surface area contributed by atoms with Crippen LogP contribution in [0.15, 0.2) is 188 Å². The molecule has 0 aliphatic rings. The molecule has 0 aliphatic heterocycles. The largest absolute Gasteiger partial charge is 0.0776 e. The van der Waals surface area contributed by atoms with E-state index in [1.807, 2.05) is 203 Å². The highest BCUT2D eigenvalue weighted by atomic mass is 14.3. The molecule has 0 aliphatic carbocycles. The van der Waals surface area contributed by atoms with Crippen molar-refractivity contribution in [2.45, 2.75) is 356 Å². The molecule has 0 heterocycles. The van der Waals surface area contributed by atoms with Gasteiger partial charge in [0.15, 0.2) is 0 Å². The van der Waals surface area contributed by atoms with Crippen LogP contribution >= 0.6 is 0 Å². The van der Waals surface area contributed by atoms with Gasteiger partial charge in [0.05, 0.1) is 0 Å². The molecule has 12 aromatic carbocycles. The summed E-state index contributed by atoms with van der Waals surface area (Å²) >= 11 is 0. The van der Waals surface area contributed by atoms with Crippen LogP contribution in [0.25, 0.3) is 66.8 Å². The number of hydrogen-bond donors (Lipinski definition) is 0. The van der Waals surface area contributed by atoms with E-state index in [4.69, 9.17) is 21.9 Å². The molecule has 12 rings (SSSR count). The summed E-state index contributed by atoms with van der Waals surface area (Å²) in [5.74, 6) is -7.71. The van der Waals surface area contributed by atoms with Crippen LogP contribution in [0.3, 0.4) is 0 Å². The van der Waals surface area contributed by atoms with Crippen molar-refractivity contribution in [3.8, 4) is 66.8 Å². The summed E-state index contributed by atoms with van der Waals surface area (Å²) in [7, 11) is 0. The standard InChI is InChI=1S/C29H44.C22H30.C20H26.C19H24.C18H22.C16H18.CH4/c1-17(2)24-13-22(14-25(18(3)4)21(24)9)28-26(19(5)6)15-23(29(10,11)12)16-27(28)20(7)8;1-13(2)20-11-19(12-21(14(3)4)18(20)8)22-16(6)9-15(5)10-17(22)7;1-13(2)19-11-18(12-20(14(3)4)16(19)6)17-9-7-15(5)8-10-17;1-13(2)18-11-17(16-9-7-6-8-10-16)12-19(14(3)4)15(18)5;1-11-7-14(4)18(15(5)8-11)17-9-12(2)16(6)13(3)10-17;1-11-5-8-16(14(4)9-11)15-7-6-12(2)13(3)10-15;/h13-20H,1-12H3;9-14H,1-8H3;7-14H,1-6H3;6-14H,1-5H3;7-10H,1-6H3;5-10H,1-4H3;1H4/i17D,18D,19D,20D;13D,14D;5D3,13D,14D;13D,14D;;1D3;. The Labute approximate surface area is 789 Å². The molecule has 0 amide bonds. The first kappa shape index (κ1) is 81.4. The summed E-state index contributed by atoms with van der Waals surface area (Å²) in [6.07, 6.45) is 0. The zero-order chi connectivity index (χ0) is 107. The Hall–Kier alpha value is -9.36. The summed E-state index contributed by atoms with van der Waals surface area (Å²) in [5, 5.41) is 0. The molecule has 668 valence electrons. The molecule has 0 radical (unpaired) electrons. The van der Waals surface area contributed by atoms with Gasteiger partial charge in [0, 0.05) is 21.9 Å². The van der Waals surface area contributed by atoms with Crippen LogP contribution < -0.4 is 0 Å². The topological polar surface area (TPSA) is 0 Å². The Morgan fingerprint density at radius 3 is 0.776 bits per heavy atom. The van der Waals surface area contributed by atoms with E-state index in [2.05, 4.69) is 219 Å². The van der Waals surface area contributed by atoms with Gasteiger partial charge in [-0.1, -0.05) is 377 Å². The second kappa shape index (κ2) is 45.4. The minimum absolute atomic E-state index is 0. The Kier molecular flexibility index (Phi) is 29.5. The van der Waals surface area contributed by atoms with Gasteiger partial charge in [-0.05, 0) is 395 Å². The first-order chi connectivity index (χ1) is 63.3. The van der Waals surface area contributed by atoms with Crippen LogP contribution in [0.1, 0.15) is 409 Å². The van der Waals surface area contributed by atoms with Crippen LogP contribution in [0.2, 0.25) is 0 Å². The van der Waals surface area contributed by atoms with E-state index < -0.39 is 72.6 Å². The Morgan fingerprint density at radius 2 is 0.480 bits per heavy atom. The van der Waals surface area contributed by atoms with Crippen molar-refractivity contribution in [2.24, 2.45) is 0 Å². The first-order valence-corrected chi connectivity index (χ1v) is 44.7. The average molecular weight is 1690 g/mol. The van der Waals surface area contributed by atoms with E-state index in [1.165, 1.54) is 77.9 Å². The lowest BCUT2D eigenvalue weighted by atomic mass is 9.76. The molecule has 0 atom stereocenters. The van der Waals surface area contributed by atoms with Crippen LogP contribution in [0, 0.1) is 124 Å². The first-order valence-electron chi connectivity index (χ1n) is 52.7. The van der Waals surface area contributed by atoms with Gasteiger partial charge in [0.25, 0.3) is 0 Å². The highest BCUT2D eigenvalue weighted by Gasteiger charge is 2.26. The smallest absolute Gasteiger partial charge is 0.0347 e. The Balaban J connectivity index is 0.000000262. The number of benzene rings is 12. The lowest BCUT2D eigenvalue weighted by Crippen LogP contribution is -2.14. The molecule has 12 aromatic rings. The number of rotatable bonds is 16. The third kappa shape index (κ3) is 26.9. The molecular formula is C125H168. The van der Waals surface area contributed by atoms with Gasteiger partial charge >= 0.3 is 0 Å². The zero-order valence-electron chi connectivity index (χ0n) is 99.9. The second-order valence-corrected chi connectivity index (χ2v) is 38.5.